The molecule has 49 heavy (non-hydrogen) atoms. The molecule has 0 fully saturated rings. The number of imidazole rings is 2. The number of hydrogen-bond donors (Lipinski definition) is 2. The summed E-state index contributed by atoms with van der Waals surface area (Å²) < 4.78 is 59.8. The summed E-state index contributed by atoms with van der Waals surface area (Å²) in [5.41, 5.74) is 0.610. The van der Waals surface area contributed by atoms with E-state index in [0.29, 0.717) is 6.42 Å². The lowest BCUT2D eigenvalue weighted by Crippen LogP contribution is -2.33. The number of nitrogens with zero attached hydrogens (tertiary/aromatic N) is 3. The first-order valence-corrected chi connectivity index (χ1v) is 15.3. The molecule has 11 nitrogen and oxygen atoms in total. The zero-order valence-electron chi connectivity index (χ0n) is 26.9. The molecule has 14 heteroatoms. The number of dihydropyridines is 1. The Morgan fingerprint density at radius 3 is 2.27 bits per heavy atom. The van der Waals surface area contributed by atoms with E-state index in [-0.39, 0.29) is 47.7 Å². The largest absolute Gasteiger partial charge is 0.466 e. The number of H-pyrrole nitrogens is 1. The summed E-state index contributed by atoms with van der Waals surface area (Å²) in [5, 5.41) is 2.89. The quantitative estimate of drug-likeness (QED) is 0.115. The fourth-order valence-corrected chi connectivity index (χ4v) is 5.84. The molecule has 1 aliphatic heterocycles. The third-order valence-electron chi connectivity index (χ3n) is 8.08. The number of aromatic nitrogens is 4. The summed E-state index contributed by atoms with van der Waals surface area (Å²) in [5.74, 6) is -3.08. The van der Waals surface area contributed by atoms with Crippen LogP contribution in [0, 0.1) is 0 Å². The molecule has 4 aromatic rings. The zero-order chi connectivity index (χ0) is 35.1. The van der Waals surface area contributed by atoms with E-state index in [1.807, 2.05) is 24.3 Å². The number of carbonyl (C=O) groups excluding carboxylic acids is 3. The van der Waals surface area contributed by atoms with E-state index in [0.717, 1.165) is 30.1 Å². The van der Waals surface area contributed by atoms with Crippen molar-refractivity contribution in [1.82, 2.24) is 24.8 Å². The minimum atomic E-state index is -4.77. The molecule has 0 amide bonds. The van der Waals surface area contributed by atoms with E-state index in [9.17, 15) is 27.6 Å². The minimum Gasteiger partial charge on any atom is -0.466 e. The van der Waals surface area contributed by atoms with Crippen LogP contribution in [0.2, 0.25) is 0 Å². The predicted molar refractivity (Wildman–Crippen MR) is 169 cm³/mol. The molecule has 2 unspecified atom stereocenters. The van der Waals surface area contributed by atoms with Crippen LogP contribution in [0.3, 0.4) is 0 Å². The summed E-state index contributed by atoms with van der Waals surface area (Å²) in [6.45, 7) is 2.30. The molecule has 0 aliphatic carbocycles. The number of esters is 3. The third kappa shape index (κ3) is 8.08. The van der Waals surface area contributed by atoms with Crippen LogP contribution in [-0.4, -0.2) is 57.8 Å². The third-order valence-corrected chi connectivity index (χ3v) is 8.08. The molecule has 2 aromatic heterocycles. The van der Waals surface area contributed by atoms with Gasteiger partial charge >= 0.3 is 24.1 Å². The maximum Gasteiger partial charge on any atom is 0.416 e. The lowest BCUT2D eigenvalue weighted by Gasteiger charge is -2.31. The molecular formula is C35H34F3N5O6. The van der Waals surface area contributed by atoms with Crippen molar-refractivity contribution < 1.29 is 41.8 Å². The number of aromatic amines is 1. The van der Waals surface area contributed by atoms with Gasteiger partial charge in [-0.15, -0.1) is 0 Å². The molecule has 2 N–H and O–H groups in total. The number of carbonyl (C=O) groups is 3. The molecule has 0 bridgehead atoms. The Morgan fingerprint density at radius 1 is 0.939 bits per heavy atom. The van der Waals surface area contributed by atoms with E-state index in [4.69, 9.17) is 14.2 Å². The molecule has 0 saturated heterocycles. The van der Waals surface area contributed by atoms with Crippen LogP contribution < -0.4 is 5.32 Å². The summed E-state index contributed by atoms with van der Waals surface area (Å²) in [6, 6.07) is 12.0. The van der Waals surface area contributed by atoms with Gasteiger partial charge in [0.05, 0.1) is 48.5 Å². The molecule has 5 rings (SSSR count). The molecule has 0 radical (unpaired) electrons. The van der Waals surface area contributed by atoms with E-state index in [1.54, 1.807) is 35.7 Å². The summed E-state index contributed by atoms with van der Waals surface area (Å²) >= 11 is 0. The van der Waals surface area contributed by atoms with Crippen molar-refractivity contribution in [2.75, 3.05) is 20.3 Å². The van der Waals surface area contributed by atoms with Crippen LogP contribution in [-0.2, 0) is 41.2 Å². The number of allylic oxidation sites excluding steroid dienone is 2. The van der Waals surface area contributed by atoms with Crippen molar-refractivity contribution >= 4 is 17.9 Å². The second-order valence-corrected chi connectivity index (χ2v) is 11.3. The normalized spacial score (nSPS) is 15.4. The van der Waals surface area contributed by atoms with Gasteiger partial charge in [0.15, 0.2) is 0 Å². The number of alkyl halides is 3. The first-order valence-electron chi connectivity index (χ1n) is 15.3. The first-order chi connectivity index (χ1) is 23.5. The molecule has 0 spiro atoms. The molecule has 256 valence electrons. The zero-order valence-corrected chi connectivity index (χ0v) is 26.9. The monoisotopic (exact) mass is 677 g/mol. The van der Waals surface area contributed by atoms with E-state index < -0.39 is 41.6 Å². The second kappa shape index (κ2) is 15.0. The topological polar surface area (TPSA) is 137 Å². The van der Waals surface area contributed by atoms with Gasteiger partial charge in [-0.1, -0.05) is 42.5 Å². The maximum atomic E-state index is 14.1. The number of ether oxygens (including phenoxy) is 3. The minimum absolute atomic E-state index is 0.0567. The van der Waals surface area contributed by atoms with E-state index in [1.165, 1.54) is 32.0 Å². The lowest BCUT2D eigenvalue weighted by molar-refractivity contribution is -0.150. The molecule has 1 aliphatic rings. The number of hydrogen-bond acceptors (Lipinski definition) is 9. The smallest absolute Gasteiger partial charge is 0.416 e. The van der Waals surface area contributed by atoms with Crippen molar-refractivity contribution in [3.63, 3.8) is 0 Å². The van der Waals surface area contributed by atoms with E-state index >= 15 is 0 Å². The van der Waals surface area contributed by atoms with Crippen molar-refractivity contribution in [2.45, 2.75) is 44.8 Å². The van der Waals surface area contributed by atoms with E-state index in [2.05, 4.69) is 20.3 Å². The van der Waals surface area contributed by atoms with Gasteiger partial charge < -0.3 is 29.1 Å². The van der Waals surface area contributed by atoms with Crippen molar-refractivity contribution in [3.8, 4) is 0 Å². The molecular weight excluding hydrogens is 643 g/mol. The number of rotatable bonds is 12. The Kier molecular flexibility index (Phi) is 10.6. The standard InChI is InChI=1S/C35H34F3N5O6/c1-21-30(33(45)47-3)32(25-6-4-5-7-26(25)35(36,37)38)31(22(2)42-21)34(46)49-17-16-48-29(44)19-27(43-15-14-39-20-43)24-10-8-23(9-11-24)18-28-40-12-13-41-28/h4-15,20,27,32,42H,16-19H2,1-3H3,(H,40,41). The maximum absolute atomic E-state index is 14.1. The molecule has 0 saturated carbocycles. The summed E-state index contributed by atoms with van der Waals surface area (Å²) in [7, 11) is 1.10. The van der Waals surface area contributed by atoms with Crippen LogP contribution >= 0.6 is 0 Å². The Morgan fingerprint density at radius 2 is 1.63 bits per heavy atom. The van der Waals surface area contributed by atoms with Crippen molar-refractivity contribution in [2.24, 2.45) is 0 Å². The van der Waals surface area contributed by atoms with Crippen LogP contribution in [0.5, 0.6) is 0 Å². The average molecular weight is 678 g/mol. The number of halogens is 3. The van der Waals surface area contributed by atoms with Gasteiger partial charge in [-0.05, 0) is 36.6 Å². The Hall–Kier alpha value is -5.66. The highest BCUT2D eigenvalue weighted by molar-refractivity contribution is 6.00. The van der Waals surface area contributed by atoms with Crippen LogP contribution in [0.25, 0.3) is 0 Å². The molecule has 2 atom stereocenters. The first kappa shape index (κ1) is 34.7. The summed E-state index contributed by atoms with van der Waals surface area (Å²) in [6.07, 6.45) is 4.15. The van der Waals surface area contributed by atoms with Gasteiger partial charge in [-0.2, -0.15) is 13.2 Å². The highest BCUT2D eigenvalue weighted by Crippen LogP contribution is 2.44. The van der Waals surface area contributed by atoms with Gasteiger partial charge in [0.1, 0.15) is 19.0 Å². The Labute approximate surface area is 279 Å². The molecule has 3 heterocycles. The van der Waals surface area contributed by atoms with Crippen molar-refractivity contribution in [3.05, 3.63) is 130 Å². The highest BCUT2D eigenvalue weighted by Gasteiger charge is 2.43. The van der Waals surface area contributed by atoms with Crippen LogP contribution in [0.1, 0.15) is 60.3 Å². The predicted octanol–water partition coefficient (Wildman–Crippen LogP) is 5.39. The fourth-order valence-electron chi connectivity index (χ4n) is 5.84. The SMILES string of the molecule is COC(=O)C1=C(C)NC(C)=C(C(=O)OCCOC(=O)CC(c2ccc(Cc3ncc[nH]3)cc2)n2ccnc2)C1c1ccccc1C(F)(F)F. The second-order valence-electron chi connectivity index (χ2n) is 11.3. The fraction of sp³-hybridized carbons (Fsp3) is 0.286. The van der Waals surface area contributed by atoms with Gasteiger partial charge in [0.2, 0.25) is 0 Å². The number of methoxy groups -OCH3 is 1. The van der Waals surface area contributed by atoms with Crippen LogP contribution in [0.15, 0.2) is 102 Å². The Bertz CT molecular complexity index is 1850. The van der Waals surface area contributed by atoms with Gasteiger partial charge in [0.25, 0.3) is 0 Å². The van der Waals surface area contributed by atoms with Gasteiger partial charge in [-0.25, -0.2) is 19.6 Å². The van der Waals surface area contributed by atoms with Crippen molar-refractivity contribution in [1.29, 1.82) is 0 Å². The van der Waals surface area contributed by atoms with Gasteiger partial charge in [-0.3, -0.25) is 4.79 Å². The molecule has 2 aromatic carbocycles. The lowest BCUT2D eigenvalue weighted by atomic mass is 9.78. The van der Waals surface area contributed by atoms with Crippen LogP contribution in [0.4, 0.5) is 13.2 Å². The number of nitrogens with one attached hydrogen (secondary N) is 2. The summed E-state index contributed by atoms with van der Waals surface area (Å²) in [4.78, 5) is 50.7. The average Bonchev–Trinajstić information content (AvgIpc) is 3.80. The highest BCUT2D eigenvalue weighted by atomic mass is 19.4. The number of benzene rings is 2. The Balaban J connectivity index is 1.26. The van der Waals surface area contributed by atoms with Gasteiger partial charge in [0, 0.05) is 42.6 Å².